The van der Waals surface area contributed by atoms with Crippen LogP contribution in [0.4, 0.5) is 0 Å². The molecule has 4 aromatic carbocycles. The molecule has 0 aliphatic heterocycles. The number of hydrogen-bond acceptors (Lipinski definition) is 0. The summed E-state index contributed by atoms with van der Waals surface area (Å²) in [4.78, 5) is 0. The fraction of sp³-hybridized carbons (Fsp3) is 0.211. The van der Waals surface area contributed by atoms with E-state index in [1.165, 1.54) is 94.4 Å². The van der Waals surface area contributed by atoms with Crippen molar-refractivity contribution in [1.82, 2.24) is 0 Å². The van der Waals surface area contributed by atoms with Gasteiger partial charge >= 0.3 is 28.4 Å². The zero-order valence-corrected chi connectivity index (χ0v) is 27.9. The normalized spacial score (nSPS) is 13.5. The Morgan fingerprint density at radius 3 is 1.90 bits per heavy atom. The quantitative estimate of drug-likeness (QED) is 0.169. The van der Waals surface area contributed by atoms with Gasteiger partial charge in [0, 0.05) is 0 Å². The van der Waals surface area contributed by atoms with Crippen LogP contribution in [0.5, 0.6) is 0 Å². The van der Waals surface area contributed by atoms with Crippen LogP contribution in [0.2, 0.25) is 0 Å². The van der Waals surface area contributed by atoms with E-state index in [2.05, 4.69) is 127 Å². The molecule has 41 heavy (non-hydrogen) atoms. The van der Waals surface area contributed by atoms with Crippen molar-refractivity contribution in [1.29, 1.82) is 0 Å². The predicted molar refractivity (Wildman–Crippen MR) is 180 cm³/mol. The summed E-state index contributed by atoms with van der Waals surface area (Å²) in [6.07, 6.45) is 19.2. The minimum atomic E-state index is 0. The smallest absolute Gasteiger partial charge is 0.0195 e. The van der Waals surface area contributed by atoms with Crippen molar-refractivity contribution in [3.63, 3.8) is 0 Å². The standard InChI is InChI=1S/C25H17.C7H13.C5H5.CH2.2ClH.Zr/c1-3-9-18(10-4-1)23-16-21-15-20-13-7-8-14-22(20)25(21)17-24(23)19-11-5-2-6-12-19;1-2-7-5-3-4-6-7;1-2-4-5-3-1;;;;/h1-14,17H,15H2;2,7H,3-6H2,1H3;1-3H,4H2;1H2;2*1H;/q3*-1;;;;. The van der Waals surface area contributed by atoms with Gasteiger partial charge in [-0.1, -0.05) is 133 Å². The van der Waals surface area contributed by atoms with E-state index in [-0.39, 0.29) is 24.8 Å². The molecule has 1 fully saturated rings. The van der Waals surface area contributed by atoms with Gasteiger partial charge in [0.15, 0.2) is 0 Å². The summed E-state index contributed by atoms with van der Waals surface area (Å²) in [5.74, 6) is 0.972. The van der Waals surface area contributed by atoms with E-state index in [0.717, 1.165) is 18.8 Å². The number of rotatable bonds is 3. The Hall–Kier alpha value is -2.31. The molecule has 4 aromatic rings. The van der Waals surface area contributed by atoms with Crippen molar-refractivity contribution in [3.05, 3.63) is 139 Å². The van der Waals surface area contributed by atoms with Crippen LogP contribution >= 0.6 is 24.8 Å². The number of benzene rings is 4. The predicted octanol–water partition coefficient (Wildman–Crippen LogP) is 10.9. The molecule has 0 atom stereocenters. The molecule has 0 amide bonds. The van der Waals surface area contributed by atoms with Crippen LogP contribution in [0.1, 0.15) is 50.2 Å². The van der Waals surface area contributed by atoms with E-state index in [4.69, 9.17) is 0 Å². The molecule has 3 heteroatoms. The maximum Gasteiger partial charge on any atom is -0.0195 e. The van der Waals surface area contributed by atoms with Gasteiger partial charge in [0.1, 0.15) is 0 Å². The zero-order valence-electron chi connectivity index (χ0n) is 23.8. The Kier molecular flexibility index (Phi) is 16.2. The molecule has 0 aromatic heterocycles. The van der Waals surface area contributed by atoms with Crippen LogP contribution in [0, 0.1) is 24.5 Å². The third-order valence-corrected chi connectivity index (χ3v) is 7.44. The SMILES string of the molecule is C[CH-]C1CCCC1.Cl.Cl.[C-]1=CC=CC1.[CH2]=[Zr].[c-]1c2c(cc(-c3ccccc3)c1-c1ccccc1)-c1ccccc1C2. The van der Waals surface area contributed by atoms with Gasteiger partial charge in [-0.25, -0.2) is 12.2 Å². The fourth-order valence-corrected chi connectivity index (χ4v) is 5.41. The number of fused-ring (bicyclic) bond motifs is 3. The van der Waals surface area contributed by atoms with Crippen molar-refractivity contribution >= 4 is 29.0 Å². The second-order valence-corrected chi connectivity index (χ2v) is 9.90. The van der Waals surface area contributed by atoms with Crippen LogP contribution < -0.4 is 0 Å². The second kappa shape index (κ2) is 19.0. The van der Waals surface area contributed by atoms with Crippen molar-refractivity contribution in [2.24, 2.45) is 5.92 Å². The monoisotopic (exact) mass is 655 g/mol. The Morgan fingerprint density at radius 1 is 0.756 bits per heavy atom. The molecule has 0 radical (unpaired) electrons. The van der Waals surface area contributed by atoms with Gasteiger partial charge in [0.05, 0.1) is 0 Å². The molecular weight excluding hydrogens is 619 g/mol. The van der Waals surface area contributed by atoms with Gasteiger partial charge in [0.2, 0.25) is 0 Å². The molecule has 0 nitrogen and oxygen atoms in total. The van der Waals surface area contributed by atoms with Crippen molar-refractivity contribution in [2.45, 2.75) is 45.4 Å². The minimum Gasteiger partial charge on any atom is -0.138 e. The van der Waals surface area contributed by atoms with Crippen LogP contribution in [0.25, 0.3) is 33.4 Å². The van der Waals surface area contributed by atoms with Crippen LogP contribution in [0.3, 0.4) is 0 Å². The topological polar surface area (TPSA) is 0 Å². The summed E-state index contributed by atoms with van der Waals surface area (Å²) in [5.41, 5.74) is 10.3. The maximum atomic E-state index is 3.76. The Labute approximate surface area is 275 Å². The maximum absolute atomic E-state index is 3.76. The first-order valence-electron chi connectivity index (χ1n) is 14.0. The van der Waals surface area contributed by atoms with Crippen LogP contribution in [-0.2, 0) is 30.7 Å². The first-order chi connectivity index (χ1) is 19.3. The van der Waals surface area contributed by atoms with E-state index in [9.17, 15) is 0 Å². The Balaban J connectivity index is 0.000000306. The Bertz CT molecular complexity index is 1360. The molecule has 0 saturated heterocycles. The molecule has 1 saturated carbocycles. The summed E-state index contributed by atoms with van der Waals surface area (Å²) in [6, 6.07) is 36.1. The summed E-state index contributed by atoms with van der Waals surface area (Å²) in [5, 5.41) is 0. The summed E-state index contributed by atoms with van der Waals surface area (Å²) >= 11 is 1.30. The average Bonchev–Trinajstić information content (AvgIpc) is 3.82. The van der Waals surface area contributed by atoms with E-state index >= 15 is 0 Å². The summed E-state index contributed by atoms with van der Waals surface area (Å²) in [7, 11) is 0. The molecule has 3 aliphatic carbocycles. The van der Waals surface area contributed by atoms with Gasteiger partial charge in [0.25, 0.3) is 0 Å². The fourth-order valence-electron chi connectivity index (χ4n) is 5.41. The van der Waals surface area contributed by atoms with Crippen LogP contribution in [0.15, 0.2) is 109 Å². The molecule has 3 aliphatic rings. The minimum absolute atomic E-state index is 0. The number of halogens is 2. The van der Waals surface area contributed by atoms with E-state index in [1.807, 2.05) is 12.2 Å². The molecular formula is C38H39Cl2Zr-3. The first kappa shape index (κ1) is 34.9. The number of hydrogen-bond donors (Lipinski definition) is 0. The molecule has 0 spiro atoms. The molecule has 0 unspecified atom stereocenters. The molecule has 0 heterocycles. The van der Waals surface area contributed by atoms with Gasteiger partial charge in [-0.3, -0.25) is 6.08 Å². The average molecular weight is 658 g/mol. The number of allylic oxidation sites excluding steroid dienone is 4. The second-order valence-electron chi connectivity index (χ2n) is 9.90. The van der Waals surface area contributed by atoms with Crippen molar-refractivity contribution < 1.29 is 24.2 Å². The van der Waals surface area contributed by atoms with Crippen molar-refractivity contribution in [2.75, 3.05) is 0 Å². The summed E-state index contributed by atoms with van der Waals surface area (Å²) in [6.45, 7) is 2.18. The first-order valence-corrected chi connectivity index (χ1v) is 15.7. The van der Waals surface area contributed by atoms with Gasteiger partial charge < -0.3 is 6.42 Å². The van der Waals surface area contributed by atoms with E-state index < -0.39 is 0 Å². The van der Waals surface area contributed by atoms with Crippen LogP contribution in [-0.4, -0.2) is 4.21 Å². The molecule has 0 N–H and O–H groups in total. The van der Waals surface area contributed by atoms with Gasteiger partial charge in [-0.2, -0.15) is 18.9 Å². The van der Waals surface area contributed by atoms with E-state index in [0.29, 0.717) is 0 Å². The summed E-state index contributed by atoms with van der Waals surface area (Å²) < 4.78 is 3.34. The van der Waals surface area contributed by atoms with Crippen molar-refractivity contribution in [3.8, 4) is 33.4 Å². The zero-order chi connectivity index (χ0) is 27.3. The van der Waals surface area contributed by atoms with Gasteiger partial charge in [-0.05, 0) is 12.0 Å². The van der Waals surface area contributed by atoms with E-state index in [1.54, 1.807) is 0 Å². The van der Waals surface area contributed by atoms with Gasteiger partial charge in [-0.15, -0.1) is 60.1 Å². The molecule has 7 rings (SSSR count). The Morgan fingerprint density at radius 2 is 1.37 bits per heavy atom. The third-order valence-electron chi connectivity index (χ3n) is 7.44. The third kappa shape index (κ3) is 9.61. The largest absolute Gasteiger partial charge is 0.138 e. The molecule has 0 bridgehead atoms. The molecule has 212 valence electrons.